The number of hydrogen-bond acceptors (Lipinski definition) is 2. The van der Waals surface area contributed by atoms with E-state index >= 15 is 0 Å². The fourth-order valence-corrected chi connectivity index (χ4v) is 2.52. The first-order chi connectivity index (χ1) is 8.06. The molecule has 0 atom stereocenters. The van der Waals surface area contributed by atoms with E-state index in [0.29, 0.717) is 19.9 Å². The molecule has 88 valence electrons. The van der Waals surface area contributed by atoms with Crippen LogP contribution in [-0.2, 0) is 0 Å². The molecule has 0 unspecified atom stereocenters. The number of halogens is 2. The predicted molar refractivity (Wildman–Crippen MR) is 73.5 cm³/mol. The van der Waals surface area contributed by atoms with Crippen LogP contribution in [-0.4, -0.2) is 5.91 Å². The summed E-state index contributed by atoms with van der Waals surface area (Å²) in [6, 6.07) is 8.73. The summed E-state index contributed by atoms with van der Waals surface area (Å²) in [5.74, 6) is -0.160. The van der Waals surface area contributed by atoms with Crippen LogP contribution >= 0.6 is 34.5 Å². The van der Waals surface area contributed by atoms with E-state index in [2.05, 4.69) is 5.32 Å². The van der Waals surface area contributed by atoms with Crippen LogP contribution in [0.2, 0.25) is 9.36 Å². The summed E-state index contributed by atoms with van der Waals surface area (Å²) < 4.78 is 0.645. The first-order valence-corrected chi connectivity index (χ1v) is 6.46. The summed E-state index contributed by atoms with van der Waals surface area (Å²) in [7, 11) is 0. The molecular formula is C12H9Cl2NOS. The largest absolute Gasteiger partial charge is 0.321 e. The summed E-state index contributed by atoms with van der Waals surface area (Å²) >= 11 is 13.0. The molecule has 1 amide bonds. The number of amides is 1. The first-order valence-electron chi connectivity index (χ1n) is 4.89. The van der Waals surface area contributed by atoms with E-state index in [1.54, 1.807) is 30.3 Å². The molecule has 0 bridgehead atoms. The maximum absolute atomic E-state index is 11.9. The molecule has 0 radical (unpaired) electrons. The van der Waals surface area contributed by atoms with Crippen molar-refractivity contribution in [2.75, 3.05) is 5.32 Å². The zero-order valence-corrected chi connectivity index (χ0v) is 11.3. The number of carbonyl (C=O) groups is 1. The first kappa shape index (κ1) is 12.4. The normalized spacial score (nSPS) is 10.3. The molecule has 0 aliphatic heterocycles. The summed E-state index contributed by atoms with van der Waals surface area (Å²) in [6.45, 7) is 1.87. The average molecular weight is 286 g/mol. The van der Waals surface area contributed by atoms with Crippen molar-refractivity contribution in [3.05, 3.63) is 50.1 Å². The maximum atomic E-state index is 11.9. The average Bonchev–Trinajstić information content (AvgIpc) is 2.63. The van der Waals surface area contributed by atoms with Gasteiger partial charge in [-0.25, -0.2) is 0 Å². The Labute approximate surface area is 113 Å². The van der Waals surface area contributed by atoms with Gasteiger partial charge in [-0.1, -0.05) is 23.2 Å². The van der Waals surface area contributed by atoms with Crippen molar-refractivity contribution in [1.29, 1.82) is 0 Å². The lowest BCUT2D eigenvalue weighted by atomic mass is 10.3. The highest BCUT2D eigenvalue weighted by Crippen LogP contribution is 2.27. The molecular weight excluding hydrogens is 277 g/mol. The Balaban J connectivity index is 2.14. The second-order valence-electron chi connectivity index (χ2n) is 3.53. The Morgan fingerprint density at radius 1 is 1.24 bits per heavy atom. The number of anilines is 1. The number of hydrogen-bond donors (Lipinski definition) is 1. The molecule has 1 heterocycles. The molecule has 2 nitrogen and oxygen atoms in total. The molecule has 1 N–H and O–H groups in total. The second kappa shape index (κ2) is 5.08. The Morgan fingerprint density at radius 2 is 1.88 bits per heavy atom. The molecule has 0 saturated carbocycles. The van der Waals surface area contributed by atoms with Crippen molar-refractivity contribution < 1.29 is 4.79 Å². The second-order valence-corrected chi connectivity index (χ2v) is 5.62. The Bertz CT molecular complexity index is 529. The zero-order valence-electron chi connectivity index (χ0n) is 8.96. The van der Waals surface area contributed by atoms with Gasteiger partial charge in [0.15, 0.2) is 0 Å². The molecule has 2 rings (SSSR count). The highest BCUT2D eigenvalue weighted by atomic mass is 35.5. The zero-order chi connectivity index (χ0) is 12.4. The Morgan fingerprint density at radius 3 is 2.41 bits per heavy atom. The van der Waals surface area contributed by atoms with Crippen LogP contribution in [0.25, 0.3) is 0 Å². The number of benzene rings is 1. The van der Waals surface area contributed by atoms with Gasteiger partial charge in [0, 0.05) is 10.7 Å². The van der Waals surface area contributed by atoms with Crippen LogP contribution in [0.1, 0.15) is 15.2 Å². The fourth-order valence-electron chi connectivity index (χ4n) is 1.30. The summed E-state index contributed by atoms with van der Waals surface area (Å²) in [5, 5.41) is 3.42. The van der Waals surface area contributed by atoms with Crippen LogP contribution < -0.4 is 5.32 Å². The van der Waals surface area contributed by atoms with Crippen LogP contribution in [0.4, 0.5) is 5.69 Å². The standard InChI is InChI=1S/C12H9Cl2NOS/c1-7-6-10(17-11(7)14)12(16)15-9-4-2-8(13)3-5-9/h2-6H,1H3,(H,15,16). The number of carbonyl (C=O) groups excluding carboxylic acids is 1. The van der Waals surface area contributed by atoms with E-state index in [4.69, 9.17) is 23.2 Å². The van der Waals surface area contributed by atoms with E-state index in [0.717, 1.165) is 5.56 Å². The molecule has 17 heavy (non-hydrogen) atoms. The van der Waals surface area contributed by atoms with Crippen molar-refractivity contribution >= 4 is 46.1 Å². The summed E-state index contributed by atoms with van der Waals surface area (Å²) in [5.41, 5.74) is 1.62. The summed E-state index contributed by atoms with van der Waals surface area (Å²) in [6.07, 6.45) is 0. The fraction of sp³-hybridized carbons (Fsp3) is 0.0833. The van der Waals surface area contributed by atoms with Crippen molar-refractivity contribution in [3.63, 3.8) is 0 Å². The predicted octanol–water partition coefficient (Wildman–Crippen LogP) is 4.62. The van der Waals surface area contributed by atoms with E-state index < -0.39 is 0 Å². The van der Waals surface area contributed by atoms with E-state index in [1.165, 1.54) is 11.3 Å². The number of rotatable bonds is 2. The highest BCUT2D eigenvalue weighted by Gasteiger charge is 2.11. The van der Waals surface area contributed by atoms with Gasteiger partial charge in [0.2, 0.25) is 0 Å². The molecule has 1 aromatic heterocycles. The minimum Gasteiger partial charge on any atom is -0.321 e. The molecule has 0 aliphatic carbocycles. The number of thiophene rings is 1. The van der Waals surface area contributed by atoms with Crippen LogP contribution in [0.3, 0.4) is 0 Å². The van der Waals surface area contributed by atoms with Gasteiger partial charge in [-0.15, -0.1) is 11.3 Å². The van der Waals surface area contributed by atoms with Gasteiger partial charge in [-0.2, -0.15) is 0 Å². The van der Waals surface area contributed by atoms with Crippen molar-refractivity contribution in [2.45, 2.75) is 6.92 Å². The monoisotopic (exact) mass is 285 g/mol. The SMILES string of the molecule is Cc1cc(C(=O)Nc2ccc(Cl)cc2)sc1Cl. The Hall–Kier alpha value is -1.03. The lowest BCUT2D eigenvalue weighted by Gasteiger charge is -2.02. The van der Waals surface area contributed by atoms with Crippen LogP contribution in [0.5, 0.6) is 0 Å². The van der Waals surface area contributed by atoms with Gasteiger partial charge in [-0.05, 0) is 42.8 Å². The minimum absolute atomic E-state index is 0.160. The van der Waals surface area contributed by atoms with Crippen molar-refractivity contribution in [2.24, 2.45) is 0 Å². The summed E-state index contributed by atoms with van der Waals surface area (Å²) in [4.78, 5) is 12.5. The van der Waals surface area contributed by atoms with Crippen LogP contribution in [0, 0.1) is 6.92 Å². The molecule has 0 saturated heterocycles. The van der Waals surface area contributed by atoms with E-state index in [1.807, 2.05) is 6.92 Å². The van der Waals surface area contributed by atoms with E-state index in [9.17, 15) is 4.79 Å². The van der Waals surface area contributed by atoms with Gasteiger partial charge in [-0.3, -0.25) is 4.79 Å². The van der Waals surface area contributed by atoms with Gasteiger partial charge >= 0.3 is 0 Å². The van der Waals surface area contributed by atoms with E-state index in [-0.39, 0.29) is 5.91 Å². The maximum Gasteiger partial charge on any atom is 0.265 e. The molecule has 0 fully saturated rings. The van der Waals surface area contributed by atoms with Gasteiger partial charge < -0.3 is 5.32 Å². The quantitative estimate of drug-likeness (QED) is 0.857. The number of aryl methyl sites for hydroxylation is 1. The molecule has 2 aromatic rings. The van der Waals surface area contributed by atoms with Gasteiger partial charge in [0.05, 0.1) is 9.21 Å². The molecule has 0 aliphatic rings. The third kappa shape index (κ3) is 3.00. The lowest BCUT2D eigenvalue weighted by molar-refractivity contribution is 0.103. The Kier molecular flexibility index (Phi) is 3.72. The third-order valence-electron chi connectivity index (χ3n) is 2.18. The molecule has 1 aromatic carbocycles. The molecule has 5 heteroatoms. The molecule has 0 spiro atoms. The van der Waals surface area contributed by atoms with Crippen molar-refractivity contribution in [1.82, 2.24) is 0 Å². The topological polar surface area (TPSA) is 29.1 Å². The smallest absolute Gasteiger partial charge is 0.265 e. The van der Waals surface area contributed by atoms with Crippen molar-refractivity contribution in [3.8, 4) is 0 Å². The lowest BCUT2D eigenvalue weighted by Crippen LogP contribution is -2.09. The van der Waals surface area contributed by atoms with Crippen LogP contribution in [0.15, 0.2) is 30.3 Å². The van der Waals surface area contributed by atoms with Gasteiger partial charge in [0.25, 0.3) is 5.91 Å². The highest BCUT2D eigenvalue weighted by molar-refractivity contribution is 7.18. The number of nitrogens with one attached hydrogen (secondary N) is 1. The minimum atomic E-state index is -0.160. The van der Waals surface area contributed by atoms with Gasteiger partial charge in [0.1, 0.15) is 0 Å². The third-order valence-corrected chi connectivity index (χ3v) is 3.99.